The Bertz CT molecular complexity index is 693. The lowest BCUT2D eigenvalue weighted by atomic mass is 10.1. The van der Waals surface area contributed by atoms with Crippen molar-refractivity contribution in [2.24, 2.45) is 0 Å². The molecular formula is C15H19N3O2S. The van der Waals surface area contributed by atoms with Crippen LogP contribution in [0.3, 0.4) is 0 Å². The molecule has 21 heavy (non-hydrogen) atoms. The zero-order valence-electron chi connectivity index (χ0n) is 12.0. The third-order valence-electron chi connectivity index (χ3n) is 4.54. The summed E-state index contributed by atoms with van der Waals surface area (Å²) < 4.78 is 27.9. The summed E-state index contributed by atoms with van der Waals surface area (Å²) in [5.41, 5.74) is 1.20. The molecular weight excluding hydrogens is 286 g/mol. The maximum absolute atomic E-state index is 12.5. The molecule has 0 radical (unpaired) electrons. The Morgan fingerprint density at radius 3 is 2.86 bits per heavy atom. The monoisotopic (exact) mass is 305 g/mol. The second-order valence-electron chi connectivity index (χ2n) is 5.85. The second kappa shape index (κ2) is 5.41. The largest absolute Gasteiger partial charge is 0.299 e. The number of nitrogens with one attached hydrogen (secondary N) is 1. The van der Waals surface area contributed by atoms with Crippen LogP contribution in [-0.2, 0) is 10.0 Å². The van der Waals surface area contributed by atoms with Gasteiger partial charge in [-0.2, -0.15) is 5.26 Å². The fraction of sp³-hybridized carbons (Fsp3) is 0.533. The molecule has 2 unspecified atom stereocenters. The topological polar surface area (TPSA) is 73.2 Å². The Kier molecular flexibility index (Phi) is 3.74. The molecule has 112 valence electrons. The molecule has 0 aromatic heterocycles. The van der Waals surface area contributed by atoms with Gasteiger partial charge in [-0.15, -0.1) is 0 Å². The van der Waals surface area contributed by atoms with Crippen molar-refractivity contribution in [2.45, 2.75) is 43.2 Å². The summed E-state index contributed by atoms with van der Waals surface area (Å²) >= 11 is 0. The Balaban J connectivity index is 1.81. The summed E-state index contributed by atoms with van der Waals surface area (Å²) in [6, 6.07) is 7.06. The molecule has 0 spiro atoms. The minimum atomic E-state index is -3.52. The third-order valence-corrected chi connectivity index (χ3v) is 6.03. The van der Waals surface area contributed by atoms with Crippen molar-refractivity contribution in [3.05, 3.63) is 29.3 Å². The molecule has 1 N–H and O–H groups in total. The van der Waals surface area contributed by atoms with Crippen molar-refractivity contribution < 1.29 is 8.42 Å². The van der Waals surface area contributed by atoms with Crippen molar-refractivity contribution in [2.75, 3.05) is 13.1 Å². The van der Waals surface area contributed by atoms with E-state index in [9.17, 15) is 8.42 Å². The van der Waals surface area contributed by atoms with Crippen molar-refractivity contribution in [3.8, 4) is 6.07 Å². The van der Waals surface area contributed by atoms with Crippen LogP contribution in [-0.4, -0.2) is 38.5 Å². The van der Waals surface area contributed by atoms with Crippen LogP contribution < -0.4 is 4.72 Å². The van der Waals surface area contributed by atoms with Gasteiger partial charge < -0.3 is 0 Å². The molecule has 6 heteroatoms. The second-order valence-corrected chi connectivity index (χ2v) is 7.56. The van der Waals surface area contributed by atoms with E-state index in [-0.39, 0.29) is 10.9 Å². The van der Waals surface area contributed by atoms with Crippen LogP contribution in [0.2, 0.25) is 0 Å². The quantitative estimate of drug-likeness (QED) is 0.915. The highest BCUT2D eigenvalue weighted by molar-refractivity contribution is 7.89. The number of sulfonamides is 1. The van der Waals surface area contributed by atoms with E-state index >= 15 is 0 Å². The van der Waals surface area contributed by atoms with Gasteiger partial charge in [0.2, 0.25) is 10.0 Å². The molecule has 2 aliphatic rings. The third kappa shape index (κ3) is 2.69. The number of nitriles is 1. The first-order chi connectivity index (χ1) is 10.0. The zero-order chi connectivity index (χ0) is 15.0. The SMILES string of the molecule is Cc1cc(S(=O)(=O)NC2CCN3CCCC23)ccc1C#N. The molecule has 3 rings (SSSR count). The minimum Gasteiger partial charge on any atom is -0.299 e. The van der Waals surface area contributed by atoms with Crippen molar-refractivity contribution in [1.82, 2.24) is 9.62 Å². The number of benzene rings is 1. The standard InChI is InChI=1S/C15H19N3O2S/c1-11-9-13(5-4-12(11)10-16)21(19,20)17-14-6-8-18-7-2-3-15(14)18/h4-5,9,14-15,17H,2-3,6-8H2,1H3. The molecule has 0 saturated carbocycles. The number of hydrogen-bond acceptors (Lipinski definition) is 4. The van der Waals surface area contributed by atoms with E-state index in [0.717, 1.165) is 32.4 Å². The molecule has 2 aliphatic heterocycles. The number of hydrogen-bond donors (Lipinski definition) is 1. The predicted octanol–water partition coefficient (Wildman–Crippen LogP) is 1.38. The first-order valence-electron chi connectivity index (χ1n) is 7.28. The summed E-state index contributed by atoms with van der Waals surface area (Å²) in [5.74, 6) is 0. The average Bonchev–Trinajstić information content (AvgIpc) is 3.03. The van der Waals surface area contributed by atoms with E-state index in [1.807, 2.05) is 0 Å². The van der Waals surface area contributed by atoms with Crippen LogP contribution in [0.1, 0.15) is 30.4 Å². The molecule has 2 saturated heterocycles. The molecule has 0 aliphatic carbocycles. The van der Waals surface area contributed by atoms with Gasteiger partial charge in [0, 0.05) is 18.6 Å². The number of nitrogens with zero attached hydrogens (tertiary/aromatic N) is 2. The summed E-state index contributed by atoms with van der Waals surface area (Å²) in [4.78, 5) is 2.62. The fourth-order valence-corrected chi connectivity index (χ4v) is 4.80. The Labute approximate surface area is 125 Å². The van der Waals surface area contributed by atoms with Crippen molar-refractivity contribution >= 4 is 10.0 Å². The predicted molar refractivity (Wildman–Crippen MR) is 79.2 cm³/mol. The van der Waals surface area contributed by atoms with Gasteiger partial charge in [-0.1, -0.05) is 0 Å². The normalized spacial score (nSPS) is 25.7. The fourth-order valence-electron chi connectivity index (χ4n) is 3.42. The Morgan fingerprint density at radius 1 is 1.33 bits per heavy atom. The van der Waals surface area contributed by atoms with E-state index in [1.165, 1.54) is 6.07 Å². The van der Waals surface area contributed by atoms with E-state index in [0.29, 0.717) is 17.2 Å². The van der Waals surface area contributed by atoms with E-state index in [4.69, 9.17) is 5.26 Å². The highest BCUT2D eigenvalue weighted by Gasteiger charge is 2.39. The number of fused-ring (bicyclic) bond motifs is 1. The van der Waals surface area contributed by atoms with Crippen LogP contribution >= 0.6 is 0 Å². The molecule has 2 atom stereocenters. The average molecular weight is 305 g/mol. The smallest absolute Gasteiger partial charge is 0.240 e. The Morgan fingerprint density at radius 2 is 2.14 bits per heavy atom. The maximum Gasteiger partial charge on any atom is 0.240 e. The van der Waals surface area contributed by atoms with Crippen molar-refractivity contribution in [3.63, 3.8) is 0 Å². The van der Waals surface area contributed by atoms with Crippen LogP contribution in [0.4, 0.5) is 0 Å². The lowest BCUT2D eigenvalue weighted by Gasteiger charge is -2.21. The highest BCUT2D eigenvalue weighted by atomic mass is 32.2. The molecule has 0 bridgehead atoms. The lowest BCUT2D eigenvalue weighted by molar-refractivity contribution is 0.309. The molecule has 5 nitrogen and oxygen atoms in total. The van der Waals surface area contributed by atoms with E-state index in [1.54, 1.807) is 19.1 Å². The Hall–Kier alpha value is -1.42. The first kappa shape index (κ1) is 14.5. The molecule has 2 fully saturated rings. The van der Waals surface area contributed by atoms with Gasteiger partial charge in [0.1, 0.15) is 0 Å². The van der Waals surface area contributed by atoms with Gasteiger partial charge in [-0.05, 0) is 56.5 Å². The zero-order valence-corrected chi connectivity index (χ0v) is 12.9. The van der Waals surface area contributed by atoms with Gasteiger partial charge in [0.25, 0.3) is 0 Å². The first-order valence-corrected chi connectivity index (χ1v) is 8.77. The summed E-state index contributed by atoms with van der Waals surface area (Å²) in [6.45, 7) is 3.81. The van der Waals surface area contributed by atoms with Gasteiger partial charge in [0.05, 0.1) is 16.5 Å². The molecule has 0 amide bonds. The van der Waals surface area contributed by atoms with Crippen LogP contribution in [0.5, 0.6) is 0 Å². The minimum absolute atomic E-state index is 0.00782. The lowest BCUT2D eigenvalue weighted by Crippen LogP contribution is -2.42. The summed E-state index contributed by atoms with van der Waals surface area (Å²) in [6.07, 6.45) is 3.09. The van der Waals surface area contributed by atoms with Crippen LogP contribution in [0.15, 0.2) is 23.1 Å². The van der Waals surface area contributed by atoms with Gasteiger partial charge in [-0.3, -0.25) is 4.90 Å². The van der Waals surface area contributed by atoms with Gasteiger partial charge in [0.15, 0.2) is 0 Å². The summed E-state index contributed by atoms with van der Waals surface area (Å²) in [5, 5.41) is 8.92. The molecule has 1 aromatic rings. The number of rotatable bonds is 3. The van der Waals surface area contributed by atoms with Crippen LogP contribution in [0.25, 0.3) is 0 Å². The molecule has 1 aromatic carbocycles. The van der Waals surface area contributed by atoms with Crippen molar-refractivity contribution in [1.29, 1.82) is 5.26 Å². The summed E-state index contributed by atoms with van der Waals surface area (Å²) in [7, 11) is -3.52. The van der Waals surface area contributed by atoms with Gasteiger partial charge in [-0.25, -0.2) is 13.1 Å². The highest BCUT2D eigenvalue weighted by Crippen LogP contribution is 2.29. The van der Waals surface area contributed by atoms with E-state index < -0.39 is 10.0 Å². The van der Waals surface area contributed by atoms with Crippen LogP contribution in [0, 0.1) is 18.3 Å². The molecule has 2 heterocycles. The maximum atomic E-state index is 12.5. The van der Waals surface area contributed by atoms with Gasteiger partial charge >= 0.3 is 0 Å². The van der Waals surface area contributed by atoms with E-state index in [2.05, 4.69) is 15.7 Å². The number of aryl methyl sites for hydroxylation is 1.